The number of nitrogens with zero attached hydrogens (tertiary/aromatic N) is 6. The van der Waals surface area contributed by atoms with E-state index < -0.39 is 10.0 Å². The van der Waals surface area contributed by atoms with Crippen LogP contribution in [0.1, 0.15) is 29.1 Å². The number of aromatic nitrogens is 4. The van der Waals surface area contributed by atoms with Crippen LogP contribution in [0.3, 0.4) is 0 Å². The highest BCUT2D eigenvalue weighted by atomic mass is 35.5. The van der Waals surface area contributed by atoms with Crippen LogP contribution in [-0.2, 0) is 16.4 Å². The molecule has 0 bridgehead atoms. The number of hydrogen-bond acceptors (Lipinski definition) is 6. The highest BCUT2D eigenvalue weighted by Crippen LogP contribution is 2.31. The Kier molecular flexibility index (Phi) is 7.50. The van der Waals surface area contributed by atoms with Crippen LogP contribution < -0.4 is 4.90 Å². The first-order chi connectivity index (χ1) is 19.8. The number of para-hydroxylation sites is 1. The molecule has 0 saturated carbocycles. The second-order valence-electron chi connectivity index (χ2n) is 10.4. The Balaban J connectivity index is 1.39. The first-order valence-electron chi connectivity index (χ1n) is 13.7. The SMILES string of the molecule is Cc1ccc(Cc2nc(N3CCCN(S(=O)(=O)c4ccc(Cl)cc4)CC3)c3c(C)nn(-c4ccccc4)c3n2)cc1. The molecule has 3 heterocycles. The predicted octanol–water partition coefficient (Wildman–Crippen LogP) is 5.58. The van der Waals surface area contributed by atoms with E-state index in [-0.39, 0.29) is 4.90 Å². The van der Waals surface area contributed by atoms with E-state index in [4.69, 9.17) is 26.7 Å². The molecule has 0 spiro atoms. The van der Waals surface area contributed by atoms with Gasteiger partial charge in [0.2, 0.25) is 10.0 Å². The lowest BCUT2D eigenvalue weighted by atomic mass is 10.1. The van der Waals surface area contributed by atoms with Crippen molar-refractivity contribution in [1.82, 2.24) is 24.1 Å². The first-order valence-corrected chi connectivity index (χ1v) is 15.5. The summed E-state index contributed by atoms with van der Waals surface area (Å²) in [5, 5.41) is 6.26. The Hall–Kier alpha value is -3.79. The van der Waals surface area contributed by atoms with Gasteiger partial charge >= 0.3 is 0 Å². The van der Waals surface area contributed by atoms with Crippen molar-refractivity contribution in [2.45, 2.75) is 31.6 Å². The molecule has 0 unspecified atom stereocenters. The van der Waals surface area contributed by atoms with Crippen LogP contribution >= 0.6 is 11.6 Å². The van der Waals surface area contributed by atoms with Gasteiger partial charge in [-0.15, -0.1) is 0 Å². The van der Waals surface area contributed by atoms with Crippen molar-refractivity contribution in [1.29, 1.82) is 0 Å². The zero-order valence-electron chi connectivity index (χ0n) is 23.0. The molecule has 0 radical (unpaired) electrons. The summed E-state index contributed by atoms with van der Waals surface area (Å²) in [6.07, 6.45) is 1.24. The van der Waals surface area contributed by atoms with E-state index in [0.29, 0.717) is 49.9 Å². The van der Waals surface area contributed by atoms with Gasteiger partial charge in [0, 0.05) is 37.6 Å². The number of rotatable bonds is 6. The van der Waals surface area contributed by atoms with Crippen molar-refractivity contribution in [3.63, 3.8) is 0 Å². The number of hydrogen-bond donors (Lipinski definition) is 0. The van der Waals surface area contributed by atoms with E-state index in [1.165, 1.54) is 5.56 Å². The molecule has 2 aromatic heterocycles. The maximum atomic E-state index is 13.4. The van der Waals surface area contributed by atoms with Crippen molar-refractivity contribution in [3.8, 4) is 5.69 Å². The number of anilines is 1. The van der Waals surface area contributed by atoms with Crippen molar-refractivity contribution < 1.29 is 8.42 Å². The van der Waals surface area contributed by atoms with E-state index in [0.717, 1.165) is 33.8 Å². The van der Waals surface area contributed by atoms with Gasteiger partial charge in [-0.3, -0.25) is 0 Å². The lowest BCUT2D eigenvalue weighted by Gasteiger charge is -2.24. The summed E-state index contributed by atoms with van der Waals surface area (Å²) in [5.74, 6) is 1.49. The predicted molar refractivity (Wildman–Crippen MR) is 162 cm³/mol. The maximum Gasteiger partial charge on any atom is 0.243 e. The van der Waals surface area contributed by atoms with Crippen LogP contribution in [0, 0.1) is 13.8 Å². The van der Waals surface area contributed by atoms with Crippen molar-refractivity contribution in [2.75, 3.05) is 31.1 Å². The van der Waals surface area contributed by atoms with Gasteiger partial charge in [-0.1, -0.05) is 59.6 Å². The highest BCUT2D eigenvalue weighted by Gasteiger charge is 2.29. The van der Waals surface area contributed by atoms with E-state index >= 15 is 0 Å². The number of benzene rings is 3. The smallest absolute Gasteiger partial charge is 0.243 e. The number of fused-ring (bicyclic) bond motifs is 1. The molecule has 8 nitrogen and oxygen atoms in total. The molecule has 10 heteroatoms. The fraction of sp³-hybridized carbons (Fsp3) is 0.258. The number of halogens is 1. The Morgan fingerprint density at radius 3 is 2.29 bits per heavy atom. The lowest BCUT2D eigenvalue weighted by Crippen LogP contribution is -2.35. The zero-order chi connectivity index (χ0) is 28.6. The molecule has 5 aromatic rings. The molecule has 1 aliphatic heterocycles. The summed E-state index contributed by atoms with van der Waals surface area (Å²) in [5.41, 5.74) is 4.82. The van der Waals surface area contributed by atoms with Crippen molar-refractivity contribution >= 4 is 38.5 Å². The van der Waals surface area contributed by atoms with E-state index in [1.54, 1.807) is 28.6 Å². The summed E-state index contributed by atoms with van der Waals surface area (Å²) in [6, 6.07) is 24.7. The Bertz CT molecular complexity index is 1790. The molecule has 1 aliphatic rings. The van der Waals surface area contributed by atoms with Crippen molar-refractivity contribution in [3.05, 3.63) is 107 Å². The second kappa shape index (κ2) is 11.2. The van der Waals surface area contributed by atoms with Crippen LogP contribution in [-0.4, -0.2) is 58.7 Å². The van der Waals surface area contributed by atoms with Crippen molar-refractivity contribution in [2.24, 2.45) is 0 Å². The minimum Gasteiger partial charge on any atom is -0.355 e. The third kappa shape index (κ3) is 5.57. The summed E-state index contributed by atoms with van der Waals surface area (Å²) in [6.45, 7) is 5.98. The third-order valence-corrected chi connectivity index (χ3v) is 9.58. The molecular weight excluding hydrogens is 556 g/mol. The largest absolute Gasteiger partial charge is 0.355 e. The molecule has 0 aliphatic carbocycles. The van der Waals surface area contributed by atoms with Crippen LogP contribution in [0.15, 0.2) is 83.8 Å². The topological polar surface area (TPSA) is 84.2 Å². The van der Waals surface area contributed by atoms with Gasteiger partial charge in [-0.25, -0.2) is 23.1 Å². The highest BCUT2D eigenvalue weighted by molar-refractivity contribution is 7.89. The van der Waals surface area contributed by atoms with Gasteiger partial charge in [0.15, 0.2) is 5.65 Å². The molecule has 3 aromatic carbocycles. The zero-order valence-corrected chi connectivity index (χ0v) is 24.6. The van der Waals surface area contributed by atoms with Gasteiger partial charge < -0.3 is 4.90 Å². The molecule has 41 heavy (non-hydrogen) atoms. The van der Waals surface area contributed by atoms with E-state index in [9.17, 15) is 8.42 Å². The lowest BCUT2D eigenvalue weighted by molar-refractivity contribution is 0.433. The molecule has 0 atom stereocenters. The molecule has 0 amide bonds. The summed E-state index contributed by atoms with van der Waals surface area (Å²) in [4.78, 5) is 12.5. The number of aryl methyl sites for hydroxylation is 2. The second-order valence-corrected chi connectivity index (χ2v) is 12.7. The van der Waals surface area contributed by atoms with Crippen LogP contribution in [0.25, 0.3) is 16.7 Å². The maximum absolute atomic E-state index is 13.4. The quantitative estimate of drug-likeness (QED) is 0.258. The van der Waals surface area contributed by atoms with Gasteiger partial charge in [0.1, 0.15) is 11.6 Å². The normalized spacial score (nSPS) is 14.9. The Morgan fingerprint density at radius 1 is 0.829 bits per heavy atom. The van der Waals surface area contributed by atoms with Crippen LogP contribution in [0.4, 0.5) is 5.82 Å². The molecule has 0 N–H and O–H groups in total. The van der Waals surface area contributed by atoms with Gasteiger partial charge in [0.05, 0.1) is 21.7 Å². The monoisotopic (exact) mass is 586 g/mol. The third-order valence-electron chi connectivity index (χ3n) is 7.42. The fourth-order valence-electron chi connectivity index (χ4n) is 5.25. The Morgan fingerprint density at radius 2 is 1.56 bits per heavy atom. The average Bonchev–Trinajstić information content (AvgIpc) is 3.13. The fourth-order valence-corrected chi connectivity index (χ4v) is 6.85. The van der Waals surface area contributed by atoms with Gasteiger partial charge in [-0.05, 0) is 62.2 Å². The summed E-state index contributed by atoms with van der Waals surface area (Å²) in [7, 11) is -3.64. The van der Waals surface area contributed by atoms with Crippen LogP contribution in [0.2, 0.25) is 5.02 Å². The average molecular weight is 587 g/mol. The minimum atomic E-state index is -3.64. The van der Waals surface area contributed by atoms with Gasteiger partial charge in [-0.2, -0.15) is 9.40 Å². The summed E-state index contributed by atoms with van der Waals surface area (Å²) < 4.78 is 30.3. The van der Waals surface area contributed by atoms with E-state index in [1.807, 2.05) is 41.9 Å². The van der Waals surface area contributed by atoms with E-state index in [2.05, 4.69) is 36.1 Å². The molecule has 6 rings (SSSR count). The first kappa shape index (κ1) is 27.4. The van der Waals surface area contributed by atoms with Gasteiger partial charge in [0.25, 0.3) is 0 Å². The Labute approximate surface area is 245 Å². The van der Waals surface area contributed by atoms with Crippen LogP contribution in [0.5, 0.6) is 0 Å². The summed E-state index contributed by atoms with van der Waals surface area (Å²) >= 11 is 6.00. The molecule has 1 saturated heterocycles. The standard InChI is InChI=1S/C31H31ClN6O2S/c1-22-9-11-24(12-10-22)21-28-33-30(29-23(2)35-38(31(29)34-28)26-7-4-3-5-8-26)36-17-6-18-37(20-19-36)41(39,40)27-15-13-25(32)14-16-27/h3-5,7-16H,6,17-21H2,1-2H3. The molecular formula is C31H31ClN6O2S. The molecule has 210 valence electrons. The minimum absolute atomic E-state index is 0.250. The number of sulfonamides is 1. The molecule has 1 fully saturated rings.